The van der Waals surface area contributed by atoms with Crippen LogP contribution in [0.4, 0.5) is 0 Å². The molecule has 2 atom stereocenters. The summed E-state index contributed by atoms with van der Waals surface area (Å²) in [4.78, 5) is 13.7. The maximum Gasteiger partial charge on any atom is 0.305 e. The number of methoxy groups -OCH3 is 1. The topological polar surface area (TPSA) is 49.8 Å². The largest absolute Gasteiger partial charge is 0.481 e. The first kappa shape index (κ1) is 13.8. The van der Waals surface area contributed by atoms with Crippen LogP contribution in [0.3, 0.4) is 0 Å². The van der Waals surface area contributed by atoms with Gasteiger partial charge in [0.05, 0.1) is 12.5 Å². The molecule has 2 unspecified atom stereocenters. The minimum absolute atomic E-state index is 0.148. The standard InChI is InChI=1S/C14H25NO3/c1-18-12-6-5-7-14(10-12,11-13(16)17)15-8-3-2-4-9-15/h12H,2-11H2,1H3,(H,16,17). The van der Waals surface area contributed by atoms with E-state index in [1.54, 1.807) is 7.11 Å². The maximum absolute atomic E-state index is 11.2. The quantitative estimate of drug-likeness (QED) is 0.837. The van der Waals surface area contributed by atoms with Crippen molar-refractivity contribution < 1.29 is 14.6 Å². The molecule has 2 aliphatic rings. The molecule has 0 bridgehead atoms. The summed E-state index contributed by atoms with van der Waals surface area (Å²) < 4.78 is 5.50. The number of carboxylic acid groups (broad SMARTS) is 1. The molecule has 1 saturated heterocycles. The van der Waals surface area contributed by atoms with Crippen molar-refractivity contribution in [2.45, 2.75) is 63.0 Å². The average Bonchev–Trinajstić information content (AvgIpc) is 2.39. The van der Waals surface area contributed by atoms with Crippen molar-refractivity contribution in [3.63, 3.8) is 0 Å². The Morgan fingerprint density at radius 1 is 1.33 bits per heavy atom. The Morgan fingerprint density at radius 2 is 2.06 bits per heavy atom. The van der Waals surface area contributed by atoms with Gasteiger partial charge in [-0.25, -0.2) is 0 Å². The summed E-state index contributed by atoms with van der Waals surface area (Å²) in [7, 11) is 1.75. The van der Waals surface area contributed by atoms with Crippen molar-refractivity contribution in [2.75, 3.05) is 20.2 Å². The van der Waals surface area contributed by atoms with E-state index in [0.717, 1.165) is 38.8 Å². The number of carboxylic acids is 1. The molecule has 2 rings (SSSR count). The van der Waals surface area contributed by atoms with Gasteiger partial charge in [-0.05, 0) is 51.6 Å². The van der Waals surface area contributed by atoms with E-state index < -0.39 is 5.97 Å². The molecule has 1 heterocycles. The Kier molecular flexibility index (Phi) is 4.62. The predicted molar refractivity (Wildman–Crippen MR) is 69.7 cm³/mol. The molecule has 104 valence electrons. The number of carbonyl (C=O) groups is 1. The Labute approximate surface area is 109 Å². The number of rotatable bonds is 4. The van der Waals surface area contributed by atoms with E-state index in [-0.39, 0.29) is 18.1 Å². The number of piperidine rings is 1. The van der Waals surface area contributed by atoms with Crippen LogP contribution in [0, 0.1) is 0 Å². The minimum Gasteiger partial charge on any atom is -0.481 e. The highest BCUT2D eigenvalue weighted by Gasteiger charge is 2.43. The van der Waals surface area contributed by atoms with Gasteiger partial charge in [0, 0.05) is 12.6 Å². The Morgan fingerprint density at radius 3 is 2.67 bits per heavy atom. The second-order valence-corrected chi connectivity index (χ2v) is 5.80. The third kappa shape index (κ3) is 3.04. The van der Waals surface area contributed by atoms with Gasteiger partial charge in [0.2, 0.25) is 0 Å². The van der Waals surface area contributed by atoms with E-state index in [9.17, 15) is 9.90 Å². The average molecular weight is 255 g/mol. The van der Waals surface area contributed by atoms with Crippen molar-refractivity contribution in [2.24, 2.45) is 0 Å². The molecule has 1 saturated carbocycles. The number of nitrogens with zero attached hydrogens (tertiary/aromatic N) is 1. The van der Waals surface area contributed by atoms with Crippen LogP contribution < -0.4 is 0 Å². The van der Waals surface area contributed by atoms with Gasteiger partial charge in [-0.2, -0.15) is 0 Å². The second-order valence-electron chi connectivity index (χ2n) is 5.80. The Bertz CT molecular complexity index is 289. The molecule has 2 fully saturated rings. The van der Waals surface area contributed by atoms with E-state index in [0.29, 0.717) is 0 Å². The van der Waals surface area contributed by atoms with E-state index in [1.807, 2.05) is 0 Å². The molecule has 18 heavy (non-hydrogen) atoms. The van der Waals surface area contributed by atoms with Gasteiger partial charge < -0.3 is 9.84 Å². The van der Waals surface area contributed by atoms with Gasteiger partial charge >= 0.3 is 5.97 Å². The first-order valence-corrected chi connectivity index (χ1v) is 7.16. The van der Waals surface area contributed by atoms with Crippen molar-refractivity contribution in [3.05, 3.63) is 0 Å². The van der Waals surface area contributed by atoms with Gasteiger partial charge in [0.15, 0.2) is 0 Å². The highest BCUT2D eigenvalue weighted by Crippen LogP contribution is 2.39. The van der Waals surface area contributed by atoms with E-state index in [2.05, 4.69) is 4.90 Å². The fourth-order valence-corrected chi connectivity index (χ4v) is 3.70. The molecule has 1 N–H and O–H groups in total. The van der Waals surface area contributed by atoms with Gasteiger partial charge in [-0.3, -0.25) is 9.69 Å². The second kappa shape index (κ2) is 6.02. The first-order chi connectivity index (χ1) is 8.66. The van der Waals surface area contributed by atoms with Gasteiger partial charge in [-0.1, -0.05) is 6.42 Å². The third-order valence-corrected chi connectivity index (χ3v) is 4.62. The number of hydrogen-bond acceptors (Lipinski definition) is 3. The normalized spacial score (nSPS) is 34.4. The number of hydrogen-bond donors (Lipinski definition) is 1. The van der Waals surface area contributed by atoms with Crippen LogP contribution in [-0.4, -0.2) is 47.8 Å². The highest BCUT2D eigenvalue weighted by atomic mass is 16.5. The lowest BCUT2D eigenvalue weighted by atomic mass is 9.75. The zero-order valence-corrected chi connectivity index (χ0v) is 11.4. The molecule has 1 aliphatic heterocycles. The zero-order chi connectivity index (χ0) is 13.0. The Balaban J connectivity index is 2.12. The smallest absolute Gasteiger partial charge is 0.305 e. The summed E-state index contributed by atoms with van der Waals surface area (Å²) >= 11 is 0. The molecular formula is C14H25NO3. The SMILES string of the molecule is COC1CCCC(CC(=O)O)(N2CCCCC2)C1. The summed E-state index contributed by atoms with van der Waals surface area (Å²) in [5.41, 5.74) is -0.148. The van der Waals surface area contributed by atoms with Crippen LogP contribution in [0.1, 0.15) is 51.4 Å². The third-order valence-electron chi connectivity index (χ3n) is 4.62. The fraction of sp³-hybridized carbons (Fsp3) is 0.929. The van der Waals surface area contributed by atoms with Crippen LogP contribution in [0.2, 0.25) is 0 Å². The highest BCUT2D eigenvalue weighted by molar-refractivity contribution is 5.68. The zero-order valence-electron chi connectivity index (χ0n) is 11.4. The van der Waals surface area contributed by atoms with Crippen molar-refractivity contribution in [1.82, 2.24) is 4.90 Å². The molecule has 4 nitrogen and oxygen atoms in total. The first-order valence-electron chi connectivity index (χ1n) is 7.16. The van der Waals surface area contributed by atoms with Crippen LogP contribution in [0.25, 0.3) is 0 Å². The van der Waals surface area contributed by atoms with Crippen LogP contribution >= 0.6 is 0 Å². The maximum atomic E-state index is 11.2. The van der Waals surface area contributed by atoms with E-state index >= 15 is 0 Å². The molecule has 0 aromatic carbocycles. The Hall–Kier alpha value is -0.610. The lowest BCUT2D eigenvalue weighted by Gasteiger charge is -2.49. The van der Waals surface area contributed by atoms with Crippen molar-refractivity contribution in [1.29, 1.82) is 0 Å². The molecule has 0 spiro atoms. The number of ether oxygens (including phenoxy) is 1. The van der Waals surface area contributed by atoms with E-state index in [4.69, 9.17) is 4.74 Å². The summed E-state index contributed by atoms with van der Waals surface area (Å²) in [6, 6.07) is 0. The lowest BCUT2D eigenvalue weighted by molar-refractivity contribution is -0.143. The summed E-state index contributed by atoms with van der Waals surface area (Å²) in [5.74, 6) is -0.669. The van der Waals surface area contributed by atoms with Gasteiger partial charge in [-0.15, -0.1) is 0 Å². The summed E-state index contributed by atoms with van der Waals surface area (Å²) in [5, 5.41) is 9.25. The van der Waals surface area contributed by atoms with Gasteiger partial charge in [0.25, 0.3) is 0 Å². The molecule has 4 heteroatoms. The molecule has 0 aromatic rings. The number of aliphatic carboxylic acids is 1. The van der Waals surface area contributed by atoms with Crippen molar-refractivity contribution in [3.8, 4) is 0 Å². The molecule has 0 radical (unpaired) electrons. The van der Waals surface area contributed by atoms with Crippen molar-refractivity contribution >= 4 is 5.97 Å². The predicted octanol–water partition coefficient (Wildman–Crippen LogP) is 2.27. The molecular weight excluding hydrogens is 230 g/mol. The molecule has 0 aromatic heterocycles. The van der Waals surface area contributed by atoms with E-state index in [1.165, 1.54) is 19.3 Å². The fourth-order valence-electron chi connectivity index (χ4n) is 3.70. The van der Waals surface area contributed by atoms with Crippen LogP contribution in [0.5, 0.6) is 0 Å². The van der Waals surface area contributed by atoms with Gasteiger partial charge in [0.1, 0.15) is 0 Å². The monoisotopic (exact) mass is 255 g/mol. The minimum atomic E-state index is -0.669. The van der Waals surface area contributed by atoms with Crippen LogP contribution in [-0.2, 0) is 9.53 Å². The lowest BCUT2D eigenvalue weighted by Crippen LogP contribution is -2.55. The molecule has 1 aliphatic carbocycles. The molecule has 0 amide bonds. The number of likely N-dealkylation sites (tertiary alicyclic amines) is 1. The van der Waals surface area contributed by atoms with Crippen LogP contribution in [0.15, 0.2) is 0 Å². The summed E-state index contributed by atoms with van der Waals surface area (Å²) in [6.45, 7) is 2.12. The summed E-state index contributed by atoms with van der Waals surface area (Å²) in [6.07, 6.45) is 8.27.